The molecule has 0 aliphatic heterocycles. The first-order valence-corrected chi connectivity index (χ1v) is 18.2. The summed E-state index contributed by atoms with van der Waals surface area (Å²) in [5.74, 6) is 0. The first-order chi connectivity index (χ1) is 23.3. The molecule has 0 saturated carbocycles. The molecule has 7 aromatic rings. The van der Waals surface area contributed by atoms with Crippen molar-refractivity contribution in [2.24, 2.45) is 0 Å². The second kappa shape index (κ2) is 18.3. The third kappa shape index (κ3) is 9.94. The maximum Gasteiger partial charge on any atom is 4.00 e. The molecule has 50 heavy (non-hydrogen) atoms. The molecule has 0 saturated heterocycles. The van der Waals surface area contributed by atoms with Crippen LogP contribution in [-0.2, 0) is 37.0 Å². The van der Waals surface area contributed by atoms with Crippen LogP contribution in [0.15, 0.2) is 115 Å². The summed E-state index contributed by atoms with van der Waals surface area (Å²) >= 11 is 0. The molecular weight excluding hydrogens is 680 g/mol. The van der Waals surface area contributed by atoms with Crippen LogP contribution < -0.4 is 0 Å². The van der Waals surface area contributed by atoms with Crippen LogP contribution in [0.2, 0.25) is 0 Å². The van der Waals surface area contributed by atoms with E-state index in [2.05, 4.69) is 191 Å². The van der Waals surface area contributed by atoms with Gasteiger partial charge < -0.3 is 13.8 Å². The van der Waals surface area contributed by atoms with Crippen LogP contribution >= 0.6 is 0 Å². The van der Waals surface area contributed by atoms with E-state index in [1.807, 2.05) is 0 Å². The molecule has 0 bridgehead atoms. The minimum Gasteiger partial charge on any atom is -0.343 e. The molecule has 0 N–H and O–H groups in total. The van der Waals surface area contributed by atoms with Gasteiger partial charge in [-0.1, -0.05) is 177 Å². The first-order valence-electron chi connectivity index (χ1n) is 18.2. The number of aryl methyl sites for hydroxylation is 1. The van der Waals surface area contributed by atoms with Crippen molar-refractivity contribution in [3.8, 4) is 11.1 Å². The monoisotopic (exact) mass is 736 g/mol. The number of benzene rings is 5. The van der Waals surface area contributed by atoms with E-state index in [1.54, 1.807) is 0 Å². The Balaban J connectivity index is 0.000000220. The average molecular weight is 738 g/mol. The van der Waals surface area contributed by atoms with E-state index in [0.717, 1.165) is 12.8 Å². The van der Waals surface area contributed by atoms with Crippen molar-refractivity contribution in [1.82, 2.24) is 0 Å². The Morgan fingerprint density at radius 3 is 1.46 bits per heavy atom. The molecule has 0 unspecified atom stereocenters. The van der Waals surface area contributed by atoms with Crippen molar-refractivity contribution in [2.45, 2.75) is 98.8 Å². The smallest absolute Gasteiger partial charge is 0.343 e. The maximum atomic E-state index is 3.60. The zero-order valence-electron chi connectivity index (χ0n) is 32.2. The molecular formula is C49H58Zr. The first kappa shape index (κ1) is 41.1. The summed E-state index contributed by atoms with van der Waals surface area (Å²) < 4.78 is 0. The van der Waals surface area contributed by atoms with Crippen LogP contribution in [0.4, 0.5) is 0 Å². The second-order valence-electron chi connectivity index (χ2n) is 15.3. The molecule has 7 aromatic carbocycles. The van der Waals surface area contributed by atoms with Gasteiger partial charge in [0.05, 0.1) is 0 Å². The maximum absolute atomic E-state index is 3.60. The van der Waals surface area contributed by atoms with E-state index in [-0.39, 0.29) is 37.0 Å². The van der Waals surface area contributed by atoms with Gasteiger partial charge in [0.25, 0.3) is 0 Å². The molecule has 0 aromatic heterocycles. The van der Waals surface area contributed by atoms with Gasteiger partial charge in [-0.25, -0.2) is 0 Å². The zero-order valence-corrected chi connectivity index (χ0v) is 34.7. The van der Waals surface area contributed by atoms with Gasteiger partial charge in [0, 0.05) is 0 Å². The van der Waals surface area contributed by atoms with Gasteiger partial charge in [0.15, 0.2) is 0 Å². The van der Waals surface area contributed by atoms with E-state index in [9.17, 15) is 0 Å². The fourth-order valence-electron chi connectivity index (χ4n) is 6.07. The van der Waals surface area contributed by atoms with Crippen LogP contribution in [0, 0.1) is 20.8 Å². The SMILES string of the molecule is CC(C)(C)c1ccc2c(c1)[cH-]c1cc(C(C)(C)C)ccc12.Cc1c(-c2cccc3ccccc23)[cH-]c2ccccc12.[CH2-]CCC.[CH2-]CCC.[Zr+4]. The molecule has 0 heterocycles. The van der Waals surface area contributed by atoms with Gasteiger partial charge in [-0.3, -0.25) is 0 Å². The van der Waals surface area contributed by atoms with Crippen LogP contribution in [0.5, 0.6) is 0 Å². The number of unbranched alkanes of at least 4 members (excludes halogenated alkanes) is 2. The van der Waals surface area contributed by atoms with Crippen LogP contribution in [0.3, 0.4) is 0 Å². The third-order valence-electron chi connectivity index (χ3n) is 9.29. The molecule has 258 valence electrons. The zero-order chi connectivity index (χ0) is 35.8. The summed E-state index contributed by atoms with van der Waals surface area (Å²) in [5, 5.41) is 10.8. The number of rotatable bonds is 3. The van der Waals surface area contributed by atoms with Crippen molar-refractivity contribution < 1.29 is 26.2 Å². The van der Waals surface area contributed by atoms with Gasteiger partial charge >= 0.3 is 26.2 Å². The molecule has 0 radical (unpaired) electrons. The number of fused-ring (bicyclic) bond motifs is 5. The van der Waals surface area contributed by atoms with E-state index in [0.29, 0.717) is 0 Å². The molecule has 1 heteroatoms. The summed E-state index contributed by atoms with van der Waals surface area (Å²) in [5.41, 5.74) is 7.27. The van der Waals surface area contributed by atoms with Crippen LogP contribution in [-0.4, -0.2) is 0 Å². The van der Waals surface area contributed by atoms with Crippen LogP contribution in [0.1, 0.15) is 97.8 Å². The Morgan fingerprint density at radius 2 is 0.980 bits per heavy atom. The Hall–Kier alpha value is -3.28. The van der Waals surface area contributed by atoms with Gasteiger partial charge in [0.1, 0.15) is 0 Å². The number of hydrogen-bond acceptors (Lipinski definition) is 0. The summed E-state index contributed by atoms with van der Waals surface area (Å²) in [6.45, 7) is 27.3. The quantitative estimate of drug-likeness (QED) is 0.158. The summed E-state index contributed by atoms with van der Waals surface area (Å²) in [4.78, 5) is 0. The van der Waals surface area contributed by atoms with Gasteiger partial charge in [-0.05, 0) is 21.6 Å². The molecule has 0 atom stereocenters. The average Bonchev–Trinajstić information content (AvgIpc) is 3.64. The summed E-state index contributed by atoms with van der Waals surface area (Å²) in [6.07, 6.45) is 4.56. The Bertz CT molecular complexity index is 2000. The van der Waals surface area contributed by atoms with E-state index < -0.39 is 0 Å². The fraction of sp³-hybridized carbons (Fsp3) is 0.306. The van der Waals surface area contributed by atoms with Crippen molar-refractivity contribution in [1.29, 1.82) is 0 Å². The predicted molar refractivity (Wildman–Crippen MR) is 222 cm³/mol. The van der Waals surface area contributed by atoms with E-state index in [1.165, 1.54) is 83.7 Å². The standard InChI is InChI=1S/C21H25.C20H15.2C4H9.Zr/c1-20(2,3)16-7-9-18-14(12-16)11-15-13-17(21(4,5)6)8-10-19(15)18;1-14-17-10-4-3-8-16(17)13-20(14)19-12-6-9-15-7-2-5-11-18(15)19;2*1-3-4-2;/h7-13H,1-6H3;2-13H,1H3;2*1,3-4H2,2H3;/q4*-1;+4. The normalized spacial score (nSPS) is 11.3. The Morgan fingerprint density at radius 1 is 0.520 bits per heavy atom. The van der Waals surface area contributed by atoms with Gasteiger partial charge in [0.2, 0.25) is 0 Å². The third-order valence-corrected chi connectivity index (χ3v) is 9.29. The minimum atomic E-state index is 0. The van der Waals surface area contributed by atoms with Crippen molar-refractivity contribution in [3.63, 3.8) is 0 Å². The summed E-state index contributed by atoms with van der Waals surface area (Å²) in [6, 6.07) is 42.3. The van der Waals surface area contributed by atoms with Gasteiger partial charge in [-0.15, -0.1) is 73.8 Å². The van der Waals surface area contributed by atoms with Gasteiger partial charge in [-0.2, -0.15) is 12.8 Å². The van der Waals surface area contributed by atoms with E-state index >= 15 is 0 Å². The Labute approximate surface area is 323 Å². The number of hydrogen-bond donors (Lipinski definition) is 0. The van der Waals surface area contributed by atoms with Crippen molar-refractivity contribution >= 4 is 43.1 Å². The molecule has 0 fully saturated rings. The summed E-state index contributed by atoms with van der Waals surface area (Å²) in [7, 11) is 0. The Kier molecular flexibility index (Phi) is 15.0. The molecule has 0 nitrogen and oxygen atoms in total. The predicted octanol–water partition coefficient (Wildman–Crippen LogP) is 15.2. The minimum absolute atomic E-state index is 0. The molecule has 0 spiro atoms. The van der Waals surface area contributed by atoms with Crippen molar-refractivity contribution in [3.05, 3.63) is 146 Å². The molecule has 0 amide bonds. The van der Waals surface area contributed by atoms with E-state index in [4.69, 9.17) is 0 Å². The fourth-order valence-corrected chi connectivity index (χ4v) is 6.07. The van der Waals surface area contributed by atoms with Crippen molar-refractivity contribution in [2.75, 3.05) is 0 Å². The largest absolute Gasteiger partial charge is 4.00 e. The van der Waals surface area contributed by atoms with Crippen LogP contribution in [0.25, 0.3) is 54.2 Å². The molecule has 7 rings (SSSR count). The molecule has 0 aliphatic rings. The second-order valence-corrected chi connectivity index (χ2v) is 15.3. The topological polar surface area (TPSA) is 0 Å². The molecule has 0 aliphatic carbocycles.